The Morgan fingerprint density at radius 3 is 2.81 bits per heavy atom. The van der Waals surface area contributed by atoms with Crippen LogP contribution in [0.3, 0.4) is 0 Å². The predicted molar refractivity (Wildman–Crippen MR) is 85.9 cm³/mol. The number of amides is 1. The van der Waals surface area contributed by atoms with Crippen molar-refractivity contribution in [1.82, 2.24) is 0 Å². The standard InChI is InChI=1S/C17H17NO2S/c1-2-18(13-7-5-8-14(19)11-13)17(20)16-10-12-6-3-4-9-15(12)21-16/h3-9,11,16,19H,2,10H2,1H3. The number of thioether (sulfide) groups is 1. The van der Waals surface area contributed by atoms with Crippen molar-refractivity contribution < 1.29 is 9.90 Å². The lowest BCUT2D eigenvalue weighted by molar-refractivity contribution is -0.118. The lowest BCUT2D eigenvalue weighted by Crippen LogP contribution is -2.37. The van der Waals surface area contributed by atoms with E-state index in [0.29, 0.717) is 6.54 Å². The molecule has 1 aliphatic heterocycles. The first-order chi connectivity index (χ1) is 10.2. The Kier molecular flexibility index (Phi) is 3.88. The van der Waals surface area contributed by atoms with Crippen LogP contribution in [-0.2, 0) is 11.2 Å². The maximum atomic E-state index is 12.8. The van der Waals surface area contributed by atoms with Gasteiger partial charge in [0.15, 0.2) is 0 Å². The first-order valence-corrected chi connectivity index (χ1v) is 7.92. The number of hydrogen-bond acceptors (Lipinski definition) is 3. The van der Waals surface area contributed by atoms with E-state index in [-0.39, 0.29) is 16.9 Å². The molecule has 4 heteroatoms. The van der Waals surface area contributed by atoms with Crippen molar-refractivity contribution in [3.63, 3.8) is 0 Å². The minimum absolute atomic E-state index is 0.0790. The number of aromatic hydroxyl groups is 1. The number of benzene rings is 2. The highest BCUT2D eigenvalue weighted by Gasteiger charge is 2.31. The number of carbonyl (C=O) groups excluding carboxylic acids is 1. The summed E-state index contributed by atoms with van der Waals surface area (Å²) in [5, 5.41) is 9.52. The van der Waals surface area contributed by atoms with Gasteiger partial charge in [0.25, 0.3) is 0 Å². The summed E-state index contributed by atoms with van der Waals surface area (Å²) in [6.45, 7) is 2.55. The van der Waals surface area contributed by atoms with Crippen LogP contribution in [0.15, 0.2) is 53.4 Å². The van der Waals surface area contributed by atoms with E-state index in [1.54, 1.807) is 34.9 Å². The van der Waals surface area contributed by atoms with Crippen molar-refractivity contribution in [1.29, 1.82) is 0 Å². The Morgan fingerprint density at radius 1 is 1.29 bits per heavy atom. The third-order valence-corrected chi connectivity index (χ3v) is 4.95. The number of rotatable bonds is 3. The molecule has 0 aliphatic carbocycles. The smallest absolute Gasteiger partial charge is 0.240 e. The van der Waals surface area contributed by atoms with E-state index in [1.165, 1.54) is 10.5 Å². The molecule has 1 N–H and O–H groups in total. The van der Waals surface area contributed by atoms with E-state index in [0.717, 1.165) is 12.1 Å². The monoisotopic (exact) mass is 299 g/mol. The third-order valence-electron chi connectivity index (χ3n) is 3.65. The van der Waals surface area contributed by atoms with Gasteiger partial charge in [-0.3, -0.25) is 4.79 Å². The molecule has 2 aromatic rings. The maximum absolute atomic E-state index is 12.8. The Labute approximate surface area is 128 Å². The Bertz CT molecular complexity index is 646. The van der Waals surface area contributed by atoms with E-state index in [4.69, 9.17) is 0 Å². The highest BCUT2D eigenvalue weighted by molar-refractivity contribution is 8.01. The predicted octanol–water partition coefficient (Wildman–Crippen LogP) is 3.46. The average Bonchev–Trinajstić information content (AvgIpc) is 2.92. The third kappa shape index (κ3) is 2.76. The van der Waals surface area contributed by atoms with Gasteiger partial charge in [-0.05, 0) is 37.1 Å². The number of nitrogens with zero attached hydrogens (tertiary/aromatic N) is 1. The van der Waals surface area contributed by atoms with Crippen LogP contribution >= 0.6 is 11.8 Å². The van der Waals surface area contributed by atoms with Crippen LogP contribution in [0.5, 0.6) is 5.75 Å². The normalized spacial score (nSPS) is 16.5. The van der Waals surface area contributed by atoms with Crippen LogP contribution in [0.4, 0.5) is 5.69 Å². The number of anilines is 1. The van der Waals surface area contributed by atoms with Crippen LogP contribution in [0.25, 0.3) is 0 Å². The molecule has 21 heavy (non-hydrogen) atoms. The molecule has 3 rings (SSSR count). The quantitative estimate of drug-likeness (QED) is 0.943. The van der Waals surface area contributed by atoms with Gasteiger partial charge < -0.3 is 10.0 Å². The average molecular weight is 299 g/mol. The summed E-state index contributed by atoms with van der Waals surface area (Å²) < 4.78 is 0. The number of phenols is 1. The fourth-order valence-electron chi connectivity index (χ4n) is 2.62. The van der Waals surface area contributed by atoms with E-state index in [1.807, 2.05) is 25.1 Å². The van der Waals surface area contributed by atoms with Gasteiger partial charge in [-0.2, -0.15) is 0 Å². The zero-order chi connectivity index (χ0) is 14.8. The van der Waals surface area contributed by atoms with Crippen molar-refractivity contribution in [2.45, 2.75) is 23.5 Å². The molecule has 108 valence electrons. The Balaban J connectivity index is 1.81. The molecular formula is C17H17NO2S. The van der Waals surface area contributed by atoms with Crippen molar-refractivity contribution in [2.24, 2.45) is 0 Å². The topological polar surface area (TPSA) is 40.5 Å². The number of phenolic OH excluding ortho intramolecular Hbond substituents is 1. The van der Waals surface area contributed by atoms with E-state index < -0.39 is 0 Å². The molecule has 0 fully saturated rings. The molecule has 1 aliphatic rings. The van der Waals surface area contributed by atoms with Crippen molar-refractivity contribution >= 4 is 23.4 Å². The summed E-state index contributed by atoms with van der Waals surface area (Å²) in [7, 11) is 0. The van der Waals surface area contributed by atoms with Gasteiger partial charge >= 0.3 is 0 Å². The van der Waals surface area contributed by atoms with Crippen molar-refractivity contribution in [2.75, 3.05) is 11.4 Å². The summed E-state index contributed by atoms with van der Waals surface area (Å²) in [5.41, 5.74) is 1.99. The largest absolute Gasteiger partial charge is 0.508 e. The summed E-state index contributed by atoms with van der Waals surface area (Å²) in [6, 6.07) is 15.0. The minimum Gasteiger partial charge on any atom is -0.508 e. The van der Waals surface area contributed by atoms with Gasteiger partial charge in [0.05, 0.1) is 5.25 Å². The molecule has 0 spiro atoms. The second-order valence-corrected chi connectivity index (χ2v) is 6.27. The van der Waals surface area contributed by atoms with E-state index >= 15 is 0 Å². The number of fused-ring (bicyclic) bond motifs is 1. The first kappa shape index (κ1) is 14.0. The van der Waals surface area contributed by atoms with Crippen LogP contribution in [0.1, 0.15) is 12.5 Å². The molecule has 0 aromatic heterocycles. The van der Waals surface area contributed by atoms with Crippen molar-refractivity contribution in [3.05, 3.63) is 54.1 Å². The van der Waals surface area contributed by atoms with Crippen molar-refractivity contribution in [3.8, 4) is 5.75 Å². The fraction of sp³-hybridized carbons (Fsp3) is 0.235. The summed E-state index contributed by atoms with van der Waals surface area (Å²) in [6.07, 6.45) is 0.773. The van der Waals surface area contributed by atoms with E-state index in [9.17, 15) is 9.90 Å². The zero-order valence-electron chi connectivity index (χ0n) is 11.8. The highest BCUT2D eigenvalue weighted by atomic mass is 32.2. The fourth-order valence-corrected chi connectivity index (χ4v) is 3.88. The van der Waals surface area contributed by atoms with Gasteiger partial charge in [-0.15, -0.1) is 11.8 Å². The zero-order valence-corrected chi connectivity index (χ0v) is 12.6. The van der Waals surface area contributed by atoms with E-state index in [2.05, 4.69) is 12.1 Å². The molecule has 1 amide bonds. The number of hydrogen-bond donors (Lipinski definition) is 1. The van der Waals surface area contributed by atoms with Crippen LogP contribution in [0.2, 0.25) is 0 Å². The van der Waals surface area contributed by atoms with Gasteiger partial charge in [0.2, 0.25) is 5.91 Å². The lowest BCUT2D eigenvalue weighted by Gasteiger charge is -2.24. The second kappa shape index (κ2) is 5.82. The van der Waals surface area contributed by atoms with Gasteiger partial charge in [0.1, 0.15) is 5.75 Å². The minimum atomic E-state index is -0.0790. The molecule has 1 heterocycles. The Hall–Kier alpha value is -1.94. The van der Waals surface area contributed by atoms with Crippen LogP contribution < -0.4 is 4.90 Å². The van der Waals surface area contributed by atoms with Gasteiger partial charge in [-0.25, -0.2) is 0 Å². The molecular weight excluding hydrogens is 282 g/mol. The molecule has 1 unspecified atom stereocenters. The van der Waals surface area contributed by atoms with Gasteiger partial charge in [0, 0.05) is 23.2 Å². The molecule has 0 bridgehead atoms. The molecule has 2 aromatic carbocycles. The highest BCUT2D eigenvalue weighted by Crippen LogP contribution is 2.38. The second-order valence-electron chi connectivity index (χ2n) is 5.02. The summed E-state index contributed by atoms with van der Waals surface area (Å²) in [5.74, 6) is 0.283. The molecule has 1 atom stereocenters. The Morgan fingerprint density at radius 2 is 2.10 bits per heavy atom. The summed E-state index contributed by atoms with van der Waals surface area (Å²) >= 11 is 1.63. The molecule has 0 saturated carbocycles. The van der Waals surface area contributed by atoms with Crippen LogP contribution in [-0.4, -0.2) is 22.8 Å². The van der Waals surface area contributed by atoms with Crippen LogP contribution in [0, 0.1) is 0 Å². The molecule has 3 nitrogen and oxygen atoms in total. The molecule has 0 saturated heterocycles. The summed E-state index contributed by atoms with van der Waals surface area (Å²) in [4.78, 5) is 15.7. The lowest BCUT2D eigenvalue weighted by atomic mass is 10.1. The SMILES string of the molecule is CCN(C(=O)C1Cc2ccccc2S1)c1cccc(O)c1. The molecule has 0 radical (unpaired) electrons. The first-order valence-electron chi connectivity index (χ1n) is 7.04. The maximum Gasteiger partial charge on any atom is 0.240 e. The number of carbonyl (C=O) groups is 1. The van der Waals surface area contributed by atoms with Gasteiger partial charge in [-0.1, -0.05) is 24.3 Å².